The van der Waals surface area contributed by atoms with Gasteiger partial charge in [0.1, 0.15) is 0 Å². The Labute approximate surface area is 159 Å². The number of unbranched alkanes of at least 4 members (excludes halogenated alkanes) is 3. The zero-order valence-electron chi connectivity index (χ0n) is 12.9. The molecule has 0 heterocycles. The molecule has 8 nitrogen and oxygen atoms in total. The van der Waals surface area contributed by atoms with Crippen molar-refractivity contribution in [2.45, 2.75) is 63.9 Å². The maximum absolute atomic E-state index is 11.7. The average Bonchev–Trinajstić information content (AvgIpc) is 2.41. The van der Waals surface area contributed by atoms with Crippen molar-refractivity contribution in [1.82, 2.24) is 0 Å². The van der Waals surface area contributed by atoms with Crippen molar-refractivity contribution < 1.29 is 37.1 Å². The van der Waals surface area contributed by atoms with Gasteiger partial charge in [0.25, 0.3) is 10.1 Å². The molecule has 0 aliphatic rings. The summed E-state index contributed by atoms with van der Waals surface area (Å²) in [5.74, 6) is -2.86. The van der Waals surface area contributed by atoms with Crippen molar-refractivity contribution in [3.63, 3.8) is 0 Å². The molecule has 132 valence electrons. The van der Waals surface area contributed by atoms with Gasteiger partial charge in [0.05, 0.1) is 13.0 Å². The molecule has 0 bridgehead atoms. The number of carbonyl (C=O) groups is 2. The third-order valence-electron chi connectivity index (χ3n) is 2.87. The first-order valence-electron chi connectivity index (χ1n) is 7.22. The molecule has 0 radical (unpaired) electrons. The first-order valence-corrected chi connectivity index (χ1v) is 8.72. The molecule has 2 unspecified atom stereocenters. The number of carboxylic acid groups (broad SMARTS) is 1. The maximum atomic E-state index is 11.7. The van der Waals surface area contributed by atoms with Gasteiger partial charge >= 0.3 is 41.5 Å². The molecule has 0 aliphatic carbocycles. The summed E-state index contributed by atoms with van der Waals surface area (Å²) in [5.41, 5.74) is 0. The molecule has 0 fully saturated rings. The molecule has 0 saturated heterocycles. The zero-order chi connectivity index (χ0) is 17.2. The minimum absolute atomic E-state index is 0. The van der Waals surface area contributed by atoms with Gasteiger partial charge < -0.3 is 14.6 Å². The van der Waals surface area contributed by atoms with Crippen LogP contribution in [-0.2, 0) is 29.2 Å². The number of ether oxygens (including phenoxy) is 2. The van der Waals surface area contributed by atoms with E-state index in [2.05, 4.69) is 6.92 Å². The van der Waals surface area contributed by atoms with E-state index in [1.54, 1.807) is 6.92 Å². The Morgan fingerprint density at radius 1 is 1.13 bits per heavy atom. The first kappa shape index (κ1) is 25.1. The van der Waals surface area contributed by atoms with Gasteiger partial charge in [-0.15, -0.1) is 0 Å². The van der Waals surface area contributed by atoms with E-state index in [-0.39, 0.29) is 36.0 Å². The molecule has 0 aromatic rings. The molecular formula is C13H25NaO8S. The third-order valence-corrected chi connectivity index (χ3v) is 3.94. The van der Waals surface area contributed by atoms with E-state index in [9.17, 15) is 18.0 Å². The number of esters is 1. The Morgan fingerprint density at radius 2 is 1.74 bits per heavy atom. The molecule has 23 heavy (non-hydrogen) atoms. The summed E-state index contributed by atoms with van der Waals surface area (Å²) in [7, 11) is -4.86. The quantitative estimate of drug-likeness (QED) is 0.172. The van der Waals surface area contributed by atoms with Crippen LogP contribution in [0.1, 0.15) is 52.4 Å². The van der Waals surface area contributed by atoms with Gasteiger partial charge in [0.15, 0.2) is 5.25 Å². The van der Waals surface area contributed by atoms with Crippen LogP contribution in [0.3, 0.4) is 0 Å². The number of hydrogen-bond acceptors (Lipinski definition) is 6. The zero-order valence-corrected chi connectivity index (χ0v) is 13.7. The molecule has 0 aromatic heterocycles. The number of carbonyl (C=O) groups excluding carboxylic acids is 1. The van der Waals surface area contributed by atoms with Crippen molar-refractivity contribution in [3.8, 4) is 0 Å². The van der Waals surface area contributed by atoms with Gasteiger partial charge in [-0.2, -0.15) is 8.42 Å². The van der Waals surface area contributed by atoms with Crippen LogP contribution < -0.4 is 0 Å². The number of hydrogen-bond donors (Lipinski definition) is 2. The molecule has 0 saturated carbocycles. The molecule has 10 heteroatoms. The number of carboxylic acids is 1. The standard InChI is InChI=1S/C13H24O8S.Na.H/c1-3-5-6-7-8-20-12(4-2)21-13(16)10(9-11(14)15)22(17,18)19;;/h10,12H,3-9H2,1-2H3,(H,14,15)(H,17,18,19);;. The fourth-order valence-electron chi connectivity index (χ4n) is 1.65. The Morgan fingerprint density at radius 3 is 2.17 bits per heavy atom. The molecular weight excluding hydrogens is 339 g/mol. The summed E-state index contributed by atoms with van der Waals surface area (Å²) in [6.45, 7) is 4.08. The predicted molar refractivity (Wildman–Crippen MR) is 85.0 cm³/mol. The van der Waals surface area contributed by atoms with Gasteiger partial charge in [0, 0.05) is 6.42 Å². The Kier molecular flexibility index (Phi) is 14.3. The van der Waals surface area contributed by atoms with Crippen LogP contribution >= 0.6 is 0 Å². The van der Waals surface area contributed by atoms with E-state index in [4.69, 9.17) is 19.1 Å². The summed E-state index contributed by atoms with van der Waals surface area (Å²) in [6, 6.07) is 0. The van der Waals surface area contributed by atoms with Crippen molar-refractivity contribution in [1.29, 1.82) is 0 Å². The van der Waals surface area contributed by atoms with E-state index >= 15 is 0 Å². The van der Waals surface area contributed by atoms with Crippen LogP contribution in [0.2, 0.25) is 0 Å². The molecule has 0 spiro atoms. The summed E-state index contributed by atoms with van der Waals surface area (Å²) in [5, 5.41) is 6.45. The predicted octanol–water partition coefficient (Wildman–Crippen LogP) is 0.945. The average molecular weight is 364 g/mol. The minimum atomic E-state index is -4.86. The second-order valence-electron chi connectivity index (χ2n) is 4.81. The van der Waals surface area contributed by atoms with Crippen molar-refractivity contribution >= 4 is 51.6 Å². The SMILES string of the molecule is CCCCCCOC(CC)OC(=O)C(CC(=O)O)S(=O)(=O)O.[NaH]. The summed E-state index contributed by atoms with van der Waals surface area (Å²) in [6.07, 6.45) is 2.12. The monoisotopic (exact) mass is 364 g/mol. The summed E-state index contributed by atoms with van der Waals surface area (Å²) in [4.78, 5) is 22.3. The fraction of sp³-hybridized carbons (Fsp3) is 0.846. The second-order valence-corrected chi connectivity index (χ2v) is 6.41. The van der Waals surface area contributed by atoms with E-state index in [1.807, 2.05) is 0 Å². The normalized spacial score (nSPS) is 13.7. The van der Waals surface area contributed by atoms with Crippen LogP contribution in [0, 0.1) is 0 Å². The van der Waals surface area contributed by atoms with Gasteiger partial charge in [0.2, 0.25) is 6.29 Å². The van der Waals surface area contributed by atoms with Crippen LogP contribution in [0.25, 0.3) is 0 Å². The number of rotatable bonds is 12. The Balaban J connectivity index is 0. The molecule has 0 rings (SSSR count). The third kappa shape index (κ3) is 11.9. The summed E-state index contributed by atoms with van der Waals surface area (Å²) >= 11 is 0. The van der Waals surface area contributed by atoms with Gasteiger partial charge in [-0.1, -0.05) is 33.1 Å². The first-order chi connectivity index (χ1) is 10.2. The molecule has 2 atom stereocenters. The second kappa shape index (κ2) is 13.1. The Bertz CT molecular complexity index is 451. The van der Waals surface area contributed by atoms with Crippen LogP contribution in [-0.4, -0.2) is 77.7 Å². The van der Waals surface area contributed by atoms with E-state index in [0.717, 1.165) is 25.7 Å². The van der Waals surface area contributed by atoms with E-state index in [0.29, 0.717) is 6.61 Å². The van der Waals surface area contributed by atoms with Gasteiger partial charge in [-0.25, -0.2) is 0 Å². The van der Waals surface area contributed by atoms with Crippen molar-refractivity contribution in [3.05, 3.63) is 0 Å². The number of aliphatic carboxylic acids is 1. The molecule has 0 aromatic carbocycles. The van der Waals surface area contributed by atoms with E-state index in [1.165, 1.54) is 0 Å². The topological polar surface area (TPSA) is 127 Å². The van der Waals surface area contributed by atoms with Gasteiger partial charge in [-0.05, 0) is 6.42 Å². The summed E-state index contributed by atoms with van der Waals surface area (Å²) < 4.78 is 41.2. The van der Waals surface area contributed by atoms with Crippen LogP contribution in [0.5, 0.6) is 0 Å². The van der Waals surface area contributed by atoms with Crippen LogP contribution in [0.15, 0.2) is 0 Å². The van der Waals surface area contributed by atoms with Crippen molar-refractivity contribution in [2.24, 2.45) is 0 Å². The van der Waals surface area contributed by atoms with Crippen LogP contribution in [0.4, 0.5) is 0 Å². The molecule has 2 N–H and O–H groups in total. The van der Waals surface area contributed by atoms with E-state index < -0.39 is 40.0 Å². The molecule has 0 aliphatic heterocycles. The fourth-order valence-corrected chi connectivity index (χ4v) is 2.31. The molecule has 0 amide bonds. The van der Waals surface area contributed by atoms with Gasteiger partial charge in [-0.3, -0.25) is 14.1 Å². The Hall–Kier alpha value is -0.190. The van der Waals surface area contributed by atoms with Crippen molar-refractivity contribution in [2.75, 3.05) is 6.61 Å².